The Morgan fingerprint density at radius 3 is 2.95 bits per heavy atom. The smallest absolute Gasteiger partial charge is 0.193 e. The molecule has 3 aromatic heterocycles. The lowest BCUT2D eigenvalue weighted by Crippen LogP contribution is -2.00. The summed E-state index contributed by atoms with van der Waals surface area (Å²) in [5.74, 6) is 0.462. The Kier molecular flexibility index (Phi) is 2.40. The third-order valence-corrected chi connectivity index (χ3v) is 3.88. The van der Waals surface area contributed by atoms with E-state index in [0.717, 1.165) is 10.2 Å². The maximum atomic E-state index is 12.1. The van der Waals surface area contributed by atoms with Crippen molar-refractivity contribution in [1.82, 2.24) is 9.97 Å². The van der Waals surface area contributed by atoms with Crippen LogP contribution in [0.5, 0.6) is 0 Å². The molecule has 0 bridgehead atoms. The van der Waals surface area contributed by atoms with Gasteiger partial charge in [-0.05, 0) is 18.2 Å². The Bertz CT molecular complexity index is 988. The Morgan fingerprint density at radius 2 is 2.00 bits per heavy atom. The Morgan fingerprint density at radius 1 is 1.10 bits per heavy atom. The number of thiazole rings is 1. The fourth-order valence-corrected chi connectivity index (χ4v) is 2.75. The van der Waals surface area contributed by atoms with E-state index in [1.54, 1.807) is 23.8 Å². The molecule has 0 unspecified atom stereocenters. The van der Waals surface area contributed by atoms with E-state index < -0.39 is 0 Å². The molecule has 5 heteroatoms. The van der Waals surface area contributed by atoms with Crippen LogP contribution >= 0.6 is 11.3 Å². The lowest BCUT2D eigenvalue weighted by atomic mass is 10.2. The van der Waals surface area contributed by atoms with Gasteiger partial charge in [-0.3, -0.25) is 9.78 Å². The Hall–Kier alpha value is -2.53. The van der Waals surface area contributed by atoms with Gasteiger partial charge >= 0.3 is 0 Å². The van der Waals surface area contributed by atoms with Crippen LogP contribution in [0.3, 0.4) is 0 Å². The number of benzene rings is 1. The molecular formula is C15H8N2O2S. The number of para-hydroxylation sites is 1. The minimum Gasteiger partial charge on any atom is -0.454 e. The van der Waals surface area contributed by atoms with Crippen LogP contribution < -0.4 is 5.43 Å². The number of pyridine rings is 1. The first-order chi connectivity index (χ1) is 9.81. The van der Waals surface area contributed by atoms with Crippen LogP contribution in [0.2, 0.25) is 0 Å². The Labute approximate surface area is 117 Å². The van der Waals surface area contributed by atoms with Crippen molar-refractivity contribution in [3.8, 4) is 11.5 Å². The van der Waals surface area contributed by atoms with E-state index in [9.17, 15) is 4.79 Å². The zero-order valence-electron chi connectivity index (χ0n) is 10.2. The highest BCUT2D eigenvalue weighted by molar-refractivity contribution is 7.16. The number of nitrogens with zero attached hydrogens (tertiary/aromatic N) is 2. The van der Waals surface area contributed by atoms with Crippen LogP contribution in [-0.4, -0.2) is 9.97 Å². The van der Waals surface area contributed by atoms with Gasteiger partial charge in [0.05, 0.1) is 21.1 Å². The first-order valence-electron chi connectivity index (χ1n) is 6.04. The van der Waals surface area contributed by atoms with Crippen molar-refractivity contribution < 1.29 is 4.42 Å². The monoisotopic (exact) mass is 280 g/mol. The van der Waals surface area contributed by atoms with Gasteiger partial charge in [-0.15, -0.1) is 11.3 Å². The summed E-state index contributed by atoms with van der Waals surface area (Å²) in [6.07, 6.45) is 1.75. The molecule has 0 aliphatic carbocycles. The maximum Gasteiger partial charge on any atom is 0.193 e. The highest BCUT2D eigenvalue weighted by Crippen LogP contribution is 2.24. The highest BCUT2D eigenvalue weighted by Gasteiger charge is 2.09. The molecule has 0 amide bonds. The molecule has 0 radical (unpaired) electrons. The normalized spacial score (nSPS) is 11.2. The molecular weight excluding hydrogens is 272 g/mol. The first kappa shape index (κ1) is 11.3. The Balaban J connectivity index is 1.99. The van der Waals surface area contributed by atoms with Crippen molar-refractivity contribution in [2.75, 3.05) is 0 Å². The maximum absolute atomic E-state index is 12.1. The summed E-state index contributed by atoms with van der Waals surface area (Å²) in [6, 6.07) is 10.5. The zero-order valence-corrected chi connectivity index (χ0v) is 11.1. The molecule has 4 nitrogen and oxygen atoms in total. The van der Waals surface area contributed by atoms with Gasteiger partial charge in [0.15, 0.2) is 11.2 Å². The average molecular weight is 280 g/mol. The number of hydrogen-bond donors (Lipinski definition) is 0. The molecule has 0 spiro atoms. The lowest BCUT2D eigenvalue weighted by Gasteiger charge is -2.02. The van der Waals surface area contributed by atoms with Gasteiger partial charge in [-0.25, -0.2) is 4.98 Å². The van der Waals surface area contributed by atoms with Crippen LogP contribution in [0.1, 0.15) is 0 Å². The molecule has 0 saturated heterocycles. The summed E-state index contributed by atoms with van der Waals surface area (Å²) in [4.78, 5) is 20.7. The van der Waals surface area contributed by atoms with Gasteiger partial charge in [-0.2, -0.15) is 0 Å². The van der Waals surface area contributed by atoms with Gasteiger partial charge in [0, 0.05) is 12.3 Å². The predicted octanol–water partition coefficient (Wildman–Crippen LogP) is 3.46. The van der Waals surface area contributed by atoms with E-state index in [-0.39, 0.29) is 5.43 Å². The van der Waals surface area contributed by atoms with Gasteiger partial charge in [0.1, 0.15) is 11.3 Å². The average Bonchev–Trinajstić information content (AvgIpc) is 2.94. The summed E-state index contributed by atoms with van der Waals surface area (Å²) in [5, 5.41) is 0.575. The largest absolute Gasteiger partial charge is 0.454 e. The second-order valence-electron chi connectivity index (χ2n) is 4.36. The van der Waals surface area contributed by atoms with Gasteiger partial charge in [-0.1, -0.05) is 12.1 Å². The van der Waals surface area contributed by atoms with Crippen LogP contribution in [0.25, 0.3) is 32.6 Å². The first-order valence-corrected chi connectivity index (χ1v) is 6.92. The van der Waals surface area contributed by atoms with Crippen molar-refractivity contribution in [2.24, 2.45) is 0 Å². The van der Waals surface area contributed by atoms with E-state index in [1.807, 2.05) is 18.2 Å². The molecule has 4 aromatic rings. The van der Waals surface area contributed by atoms with E-state index >= 15 is 0 Å². The van der Waals surface area contributed by atoms with E-state index in [0.29, 0.717) is 22.4 Å². The van der Waals surface area contributed by atoms with Crippen molar-refractivity contribution >= 4 is 32.5 Å². The van der Waals surface area contributed by atoms with Gasteiger partial charge in [0.2, 0.25) is 0 Å². The quantitative estimate of drug-likeness (QED) is 0.535. The fourth-order valence-electron chi connectivity index (χ4n) is 2.13. The third kappa shape index (κ3) is 1.71. The summed E-state index contributed by atoms with van der Waals surface area (Å²) in [7, 11) is 0. The SMILES string of the molecule is O=c1cc(-c2cc3ncsc3cn2)oc2ccccc12. The number of fused-ring (bicyclic) bond motifs is 2. The summed E-state index contributed by atoms with van der Waals surface area (Å²) >= 11 is 1.53. The molecule has 0 N–H and O–H groups in total. The van der Waals surface area contributed by atoms with Crippen LogP contribution in [0.15, 0.2) is 57.3 Å². The summed E-state index contributed by atoms with van der Waals surface area (Å²) in [5.41, 5.74) is 3.74. The van der Waals surface area contributed by atoms with E-state index in [4.69, 9.17) is 4.42 Å². The second kappa shape index (κ2) is 4.25. The minimum atomic E-state index is -0.0676. The molecule has 3 heterocycles. The van der Waals surface area contributed by atoms with E-state index in [1.165, 1.54) is 17.4 Å². The van der Waals surface area contributed by atoms with Crippen molar-refractivity contribution in [1.29, 1.82) is 0 Å². The second-order valence-corrected chi connectivity index (χ2v) is 5.25. The fraction of sp³-hybridized carbons (Fsp3) is 0. The molecule has 0 atom stereocenters. The topological polar surface area (TPSA) is 56.0 Å². The third-order valence-electron chi connectivity index (χ3n) is 3.11. The van der Waals surface area contributed by atoms with Crippen LogP contribution in [0, 0.1) is 0 Å². The molecule has 20 heavy (non-hydrogen) atoms. The number of rotatable bonds is 1. The zero-order chi connectivity index (χ0) is 13.5. The summed E-state index contributed by atoms with van der Waals surface area (Å²) in [6.45, 7) is 0. The van der Waals surface area contributed by atoms with Gasteiger partial charge < -0.3 is 4.42 Å². The molecule has 0 aliphatic heterocycles. The number of hydrogen-bond acceptors (Lipinski definition) is 5. The van der Waals surface area contributed by atoms with Crippen molar-refractivity contribution in [3.63, 3.8) is 0 Å². The molecule has 4 rings (SSSR count). The van der Waals surface area contributed by atoms with Crippen LogP contribution in [-0.2, 0) is 0 Å². The standard InChI is InChI=1S/C15H8N2O2S/c18-12-6-14(19-13-4-2-1-3-9(12)13)10-5-11-15(7-16-10)20-8-17-11/h1-8H. The minimum absolute atomic E-state index is 0.0676. The molecule has 0 saturated carbocycles. The molecule has 96 valence electrons. The van der Waals surface area contributed by atoms with Gasteiger partial charge in [0.25, 0.3) is 0 Å². The van der Waals surface area contributed by atoms with Crippen molar-refractivity contribution in [3.05, 3.63) is 58.3 Å². The molecule has 1 aromatic carbocycles. The van der Waals surface area contributed by atoms with Crippen LogP contribution in [0.4, 0.5) is 0 Å². The predicted molar refractivity (Wildman–Crippen MR) is 78.9 cm³/mol. The molecule has 0 aliphatic rings. The van der Waals surface area contributed by atoms with Crippen molar-refractivity contribution in [2.45, 2.75) is 0 Å². The lowest BCUT2D eigenvalue weighted by molar-refractivity contribution is 0.616. The number of aromatic nitrogens is 2. The highest BCUT2D eigenvalue weighted by atomic mass is 32.1. The summed E-state index contributed by atoms with van der Waals surface area (Å²) < 4.78 is 6.78. The van der Waals surface area contributed by atoms with E-state index in [2.05, 4.69) is 9.97 Å². The molecule has 0 fully saturated rings.